The highest BCUT2D eigenvalue weighted by molar-refractivity contribution is 7.17. The molecule has 6 nitrogen and oxygen atoms in total. The summed E-state index contributed by atoms with van der Waals surface area (Å²) in [6, 6.07) is 3.43. The average molecular weight is 429 g/mol. The lowest BCUT2D eigenvalue weighted by molar-refractivity contribution is -0.119. The van der Waals surface area contributed by atoms with Crippen LogP contribution in [0.15, 0.2) is 29.8 Å². The van der Waals surface area contributed by atoms with Gasteiger partial charge in [0.05, 0.1) is 21.3 Å². The SMILES string of the molecule is CC1(C)C(=O)Nc2nc(-n3nc(Cc4c(F)ccc(F)c4F)c4sccc43)ncc21. The summed E-state index contributed by atoms with van der Waals surface area (Å²) in [5, 5.41) is 8.99. The minimum Gasteiger partial charge on any atom is -0.310 e. The van der Waals surface area contributed by atoms with Crippen molar-refractivity contribution in [2.45, 2.75) is 25.7 Å². The van der Waals surface area contributed by atoms with E-state index in [0.717, 1.165) is 12.1 Å². The van der Waals surface area contributed by atoms with E-state index < -0.39 is 22.9 Å². The fraction of sp³-hybridized carbons (Fsp3) is 0.200. The number of aromatic nitrogens is 4. The van der Waals surface area contributed by atoms with Crippen molar-refractivity contribution in [2.24, 2.45) is 0 Å². The quantitative estimate of drug-likeness (QED) is 0.498. The molecule has 5 rings (SSSR count). The van der Waals surface area contributed by atoms with Crippen molar-refractivity contribution in [2.75, 3.05) is 5.32 Å². The van der Waals surface area contributed by atoms with Gasteiger partial charge in [-0.15, -0.1) is 11.3 Å². The van der Waals surface area contributed by atoms with Crippen LogP contribution in [0, 0.1) is 17.5 Å². The van der Waals surface area contributed by atoms with Crippen molar-refractivity contribution in [1.82, 2.24) is 19.7 Å². The maximum atomic E-state index is 14.2. The lowest BCUT2D eigenvalue weighted by atomic mass is 9.88. The van der Waals surface area contributed by atoms with Crippen LogP contribution in [0.4, 0.5) is 19.0 Å². The summed E-state index contributed by atoms with van der Waals surface area (Å²) in [5.41, 5.74) is 0.563. The van der Waals surface area contributed by atoms with Crippen molar-refractivity contribution < 1.29 is 18.0 Å². The van der Waals surface area contributed by atoms with Gasteiger partial charge in [-0.2, -0.15) is 14.8 Å². The van der Waals surface area contributed by atoms with Crippen LogP contribution in [-0.2, 0) is 16.6 Å². The number of nitrogens with zero attached hydrogens (tertiary/aromatic N) is 4. The predicted octanol–water partition coefficient (Wildman–Crippen LogP) is 4.11. The van der Waals surface area contributed by atoms with Crippen LogP contribution in [0.25, 0.3) is 16.2 Å². The molecule has 0 fully saturated rings. The lowest BCUT2D eigenvalue weighted by Crippen LogP contribution is -2.26. The molecule has 30 heavy (non-hydrogen) atoms. The lowest BCUT2D eigenvalue weighted by Gasteiger charge is -2.13. The second-order valence-electron chi connectivity index (χ2n) is 7.50. The molecule has 1 aliphatic heterocycles. The summed E-state index contributed by atoms with van der Waals surface area (Å²) in [6.07, 6.45) is 1.34. The number of amides is 1. The molecule has 0 unspecified atom stereocenters. The van der Waals surface area contributed by atoms with Gasteiger partial charge in [-0.05, 0) is 37.4 Å². The first kappa shape index (κ1) is 18.7. The summed E-state index contributed by atoms with van der Waals surface area (Å²) < 4.78 is 44.0. The van der Waals surface area contributed by atoms with E-state index in [0.29, 0.717) is 27.3 Å². The van der Waals surface area contributed by atoms with Crippen molar-refractivity contribution in [1.29, 1.82) is 0 Å². The van der Waals surface area contributed by atoms with Gasteiger partial charge >= 0.3 is 0 Å². The largest absolute Gasteiger partial charge is 0.310 e. The minimum atomic E-state index is -1.23. The van der Waals surface area contributed by atoms with E-state index in [1.807, 2.05) is 5.38 Å². The summed E-state index contributed by atoms with van der Waals surface area (Å²) in [7, 11) is 0. The molecule has 0 saturated carbocycles. The number of carbonyl (C=O) groups is 1. The van der Waals surface area contributed by atoms with Crippen molar-refractivity contribution in [3.8, 4) is 5.95 Å². The molecule has 1 N–H and O–H groups in total. The first-order chi connectivity index (χ1) is 14.3. The second kappa shape index (κ2) is 6.36. The fourth-order valence-corrected chi connectivity index (χ4v) is 4.34. The monoisotopic (exact) mass is 429 g/mol. The zero-order valence-electron chi connectivity index (χ0n) is 15.8. The van der Waals surface area contributed by atoms with Crippen LogP contribution < -0.4 is 5.32 Å². The second-order valence-corrected chi connectivity index (χ2v) is 8.42. The molecule has 0 bridgehead atoms. The summed E-state index contributed by atoms with van der Waals surface area (Å²) in [4.78, 5) is 20.9. The predicted molar refractivity (Wildman–Crippen MR) is 105 cm³/mol. The number of anilines is 1. The molecule has 152 valence electrons. The van der Waals surface area contributed by atoms with Crippen LogP contribution >= 0.6 is 11.3 Å². The molecule has 4 heterocycles. The van der Waals surface area contributed by atoms with E-state index in [-0.39, 0.29) is 23.8 Å². The third-order valence-corrected chi connectivity index (χ3v) is 6.23. The topological polar surface area (TPSA) is 72.7 Å². The number of hydrogen-bond donors (Lipinski definition) is 1. The molecule has 1 aromatic carbocycles. The summed E-state index contributed by atoms with van der Waals surface area (Å²) >= 11 is 1.34. The Bertz CT molecular complexity index is 1340. The number of nitrogens with one attached hydrogen (secondary N) is 1. The molecular formula is C20H14F3N5OS. The smallest absolute Gasteiger partial charge is 0.253 e. The van der Waals surface area contributed by atoms with E-state index in [2.05, 4.69) is 20.4 Å². The van der Waals surface area contributed by atoms with Gasteiger partial charge in [0.2, 0.25) is 5.91 Å². The number of benzene rings is 1. The minimum absolute atomic E-state index is 0.178. The zero-order chi connectivity index (χ0) is 21.2. The zero-order valence-corrected chi connectivity index (χ0v) is 16.6. The Morgan fingerprint density at radius 3 is 2.73 bits per heavy atom. The Hall–Kier alpha value is -3.27. The Balaban J connectivity index is 1.61. The van der Waals surface area contributed by atoms with E-state index in [1.165, 1.54) is 16.0 Å². The Morgan fingerprint density at radius 1 is 1.17 bits per heavy atom. The number of hydrogen-bond acceptors (Lipinski definition) is 5. The maximum absolute atomic E-state index is 14.2. The molecule has 4 aromatic rings. The van der Waals surface area contributed by atoms with Crippen molar-refractivity contribution in [3.05, 3.63) is 64.0 Å². The highest BCUT2D eigenvalue weighted by Gasteiger charge is 2.40. The number of rotatable bonds is 3. The Labute approximate surface area is 172 Å². The van der Waals surface area contributed by atoms with E-state index >= 15 is 0 Å². The number of halogens is 3. The molecule has 0 saturated heterocycles. The van der Waals surface area contributed by atoms with Gasteiger partial charge in [-0.1, -0.05) is 0 Å². The van der Waals surface area contributed by atoms with Gasteiger partial charge in [0.1, 0.15) is 11.6 Å². The summed E-state index contributed by atoms with van der Waals surface area (Å²) in [5.74, 6) is -2.75. The van der Waals surface area contributed by atoms with Crippen LogP contribution in [0.3, 0.4) is 0 Å². The van der Waals surface area contributed by atoms with Gasteiger partial charge in [0.25, 0.3) is 5.95 Å². The van der Waals surface area contributed by atoms with E-state index in [1.54, 1.807) is 26.1 Å². The van der Waals surface area contributed by atoms with Crippen LogP contribution in [0.5, 0.6) is 0 Å². The Morgan fingerprint density at radius 2 is 1.93 bits per heavy atom. The first-order valence-electron chi connectivity index (χ1n) is 9.04. The average Bonchev–Trinajstić information content (AvgIpc) is 3.36. The standard InChI is InChI=1S/C20H14F3N5OS/c1-20(2)10-8-24-19(26-17(10)25-18(20)29)28-14-5-6-30-16(14)13(27-28)7-9-11(21)3-4-12(22)15(9)23/h3-6,8H,7H2,1-2H3,(H,24,25,26,29). The molecular weight excluding hydrogens is 415 g/mol. The third kappa shape index (κ3) is 2.63. The number of carbonyl (C=O) groups excluding carboxylic acids is 1. The molecule has 0 radical (unpaired) electrons. The molecule has 1 amide bonds. The van der Waals surface area contributed by atoms with Crippen molar-refractivity contribution in [3.63, 3.8) is 0 Å². The molecule has 10 heteroatoms. The first-order valence-corrected chi connectivity index (χ1v) is 9.92. The fourth-order valence-electron chi connectivity index (χ4n) is 3.49. The molecule has 1 aliphatic rings. The normalized spacial score (nSPS) is 14.9. The van der Waals surface area contributed by atoms with Gasteiger partial charge in [0.15, 0.2) is 11.6 Å². The molecule has 3 aromatic heterocycles. The highest BCUT2D eigenvalue weighted by Crippen LogP contribution is 2.36. The van der Waals surface area contributed by atoms with Crippen LogP contribution in [0.2, 0.25) is 0 Å². The summed E-state index contributed by atoms with van der Waals surface area (Å²) in [6.45, 7) is 3.56. The van der Waals surface area contributed by atoms with Crippen LogP contribution in [0.1, 0.15) is 30.7 Å². The third-order valence-electron chi connectivity index (χ3n) is 5.28. The number of fused-ring (bicyclic) bond motifs is 2. The van der Waals surface area contributed by atoms with Gasteiger partial charge in [-0.3, -0.25) is 4.79 Å². The highest BCUT2D eigenvalue weighted by atomic mass is 32.1. The Kier molecular flexibility index (Phi) is 3.97. The van der Waals surface area contributed by atoms with Gasteiger partial charge < -0.3 is 5.32 Å². The van der Waals surface area contributed by atoms with E-state index in [9.17, 15) is 18.0 Å². The molecule has 0 spiro atoms. The maximum Gasteiger partial charge on any atom is 0.253 e. The molecule has 0 atom stereocenters. The van der Waals surface area contributed by atoms with Crippen molar-refractivity contribution >= 4 is 33.3 Å². The van der Waals surface area contributed by atoms with Gasteiger partial charge in [-0.25, -0.2) is 18.2 Å². The number of thiophene rings is 1. The van der Waals surface area contributed by atoms with E-state index in [4.69, 9.17) is 0 Å². The van der Waals surface area contributed by atoms with Gasteiger partial charge in [0, 0.05) is 23.7 Å². The van der Waals surface area contributed by atoms with Crippen LogP contribution in [-0.4, -0.2) is 25.7 Å². The molecule has 0 aliphatic carbocycles.